The third-order valence-corrected chi connectivity index (χ3v) is 5.29. The Morgan fingerprint density at radius 3 is 2.65 bits per heavy atom. The van der Waals surface area contributed by atoms with E-state index in [1.807, 2.05) is 6.92 Å². The summed E-state index contributed by atoms with van der Waals surface area (Å²) < 4.78 is 4.70. The lowest BCUT2D eigenvalue weighted by Gasteiger charge is -2.53. The minimum absolute atomic E-state index is 0.189. The highest BCUT2D eigenvalue weighted by Crippen LogP contribution is 2.54. The van der Waals surface area contributed by atoms with Gasteiger partial charge in [0.15, 0.2) is 0 Å². The summed E-state index contributed by atoms with van der Waals surface area (Å²) in [7, 11) is 1.32. The molecule has 2 saturated carbocycles. The van der Waals surface area contributed by atoms with Crippen LogP contribution in [-0.4, -0.2) is 35.5 Å². The van der Waals surface area contributed by atoms with Gasteiger partial charge in [0.05, 0.1) is 19.3 Å². The van der Waals surface area contributed by atoms with Gasteiger partial charge in [0.25, 0.3) is 0 Å². The van der Waals surface area contributed by atoms with Gasteiger partial charge in [-0.25, -0.2) is 4.79 Å². The van der Waals surface area contributed by atoms with Gasteiger partial charge in [-0.3, -0.25) is 0 Å². The highest BCUT2D eigenvalue weighted by molar-refractivity contribution is 5.88. The first kappa shape index (κ1) is 15.3. The smallest absolute Gasteiger partial charge is 0.333 e. The predicted molar refractivity (Wildman–Crippen MR) is 75.9 cm³/mol. The van der Waals surface area contributed by atoms with Crippen molar-refractivity contribution in [2.24, 2.45) is 17.3 Å². The fourth-order valence-electron chi connectivity index (χ4n) is 3.97. The van der Waals surface area contributed by atoms with Gasteiger partial charge >= 0.3 is 5.97 Å². The number of hydrogen-bond acceptors (Lipinski definition) is 4. The van der Waals surface area contributed by atoms with E-state index < -0.39 is 18.2 Å². The number of aliphatic hydroxyl groups excluding tert-OH is 2. The lowest BCUT2D eigenvalue weighted by atomic mass is 9.54. The van der Waals surface area contributed by atoms with Crippen LogP contribution in [0.5, 0.6) is 0 Å². The second-order valence-electron chi connectivity index (χ2n) is 6.35. The molecule has 20 heavy (non-hydrogen) atoms. The van der Waals surface area contributed by atoms with Crippen LogP contribution in [-0.2, 0) is 9.53 Å². The maximum atomic E-state index is 11.6. The first-order chi connectivity index (χ1) is 9.32. The van der Waals surface area contributed by atoms with E-state index in [-0.39, 0.29) is 17.3 Å². The van der Waals surface area contributed by atoms with Crippen LogP contribution in [0, 0.1) is 17.3 Å². The monoisotopic (exact) mass is 280 g/mol. The molecule has 0 saturated heterocycles. The minimum Gasteiger partial charge on any atom is -0.466 e. The normalized spacial score (nSPS) is 40.9. The number of hydrogen-bond donors (Lipinski definition) is 2. The molecule has 4 heteroatoms. The summed E-state index contributed by atoms with van der Waals surface area (Å²) >= 11 is 0. The van der Waals surface area contributed by atoms with E-state index in [1.54, 1.807) is 0 Å². The molecule has 112 valence electrons. The summed E-state index contributed by atoms with van der Waals surface area (Å²) in [5.41, 5.74) is 0.921. The molecule has 0 unspecified atom stereocenters. The van der Waals surface area contributed by atoms with Crippen LogP contribution < -0.4 is 0 Å². The van der Waals surface area contributed by atoms with E-state index in [9.17, 15) is 15.0 Å². The molecule has 0 heterocycles. The van der Waals surface area contributed by atoms with Crippen molar-refractivity contribution in [3.05, 3.63) is 24.3 Å². The molecule has 2 N–H and O–H groups in total. The Balaban J connectivity index is 2.27. The number of carbonyl (C=O) groups is 1. The first-order valence-electron chi connectivity index (χ1n) is 7.13. The molecule has 2 rings (SSSR count). The molecule has 0 aromatic heterocycles. The quantitative estimate of drug-likeness (QED) is 0.460. The fourth-order valence-corrected chi connectivity index (χ4v) is 3.97. The van der Waals surface area contributed by atoms with E-state index >= 15 is 0 Å². The zero-order valence-electron chi connectivity index (χ0n) is 12.3. The van der Waals surface area contributed by atoms with Crippen molar-refractivity contribution in [1.82, 2.24) is 0 Å². The number of aliphatic hydroxyl groups is 2. The molecule has 2 fully saturated rings. The summed E-state index contributed by atoms with van der Waals surface area (Å²) in [6.45, 7) is 9.85. The molecule has 5 atom stereocenters. The highest BCUT2D eigenvalue weighted by atomic mass is 16.5. The van der Waals surface area contributed by atoms with Crippen LogP contribution >= 0.6 is 0 Å². The molecule has 0 radical (unpaired) electrons. The molecule has 0 bridgehead atoms. The van der Waals surface area contributed by atoms with Crippen LogP contribution in [0.25, 0.3) is 0 Å². The Labute approximate surface area is 120 Å². The zero-order valence-corrected chi connectivity index (χ0v) is 12.3. The molecule has 0 aromatic rings. The van der Waals surface area contributed by atoms with Gasteiger partial charge < -0.3 is 14.9 Å². The number of carbonyl (C=O) groups excluding carboxylic acids is 1. The van der Waals surface area contributed by atoms with Crippen molar-refractivity contribution in [2.45, 2.75) is 44.8 Å². The topological polar surface area (TPSA) is 66.8 Å². The molecule has 4 nitrogen and oxygen atoms in total. The molecule has 0 aromatic carbocycles. The van der Waals surface area contributed by atoms with Gasteiger partial charge in [-0.05, 0) is 25.7 Å². The van der Waals surface area contributed by atoms with Crippen LogP contribution in [0.1, 0.15) is 32.6 Å². The van der Waals surface area contributed by atoms with Crippen molar-refractivity contribution in [2.75, 3.05) is 7.11 Å². The maximum Gasteiger partial charge on any atom is 0.333 e. The average molecular weight is 280 g/mol. The number of ether oxygens (including phenoxy) is 1. The van der Waals surface area contributed by atoms with Crippen LogP contribution in [0.4, 0.5) is 0 Å². The third kappa shape index (κ3) is 2.21. The summed E-state index contributed by atoms with van der Waals surface area (Å²) in [6, 6.07) is 0. The molecule has 0 spiro atoms. The van der Waals surface area contributed by atoms with Crippen molar-refractivity contribution in [3.63, 3.8) is 0 Å². The number of fused-ring (bicyclic) bond motifs is 1. The van der Waals surface area contributed by atoms with Gasteiger partial charge in [0, 0.05) is 22.8 Å². The van der Waals surface area contributed by atoms with E-state index in [2.05, 4.69) is 13.2 Å². The lowest BCUT2D eigenvalue weighted by molar-refractivity contribution is -0.140. The SMILES string of the molecule is C=C1CC[C@@H](O)[C@@]2(C)CC[C@@H](C(=C)C(=O)OC)[C@@H](O)[C@@H]12. The Hall–Kier alpha value is -1.13. The van der Waals surface area contributed by atoms with Crippen LogP contribution in [0.2, 0.25) is 0 Å². The van der Waals surface area contributed by atoms with E-state index in [0.717, 1.165) is 18.4 Å². The molecular formula is C16H24O4. The summed E-state index contributed by atoms with van der Waals surface area (Å²) in [5, 5.41) is 21.0. The summed E-state index contributed by atoms with van der Waals surface area (Å²) in [6.07, 6.45) is 1.63. The van der Waals surface area contributed by atoms with Crippen molar-refractivity contribution in [3.8, 4) is 0 Å². The first-order valence-corrected chi connectivity index (χ1v) is 7.13. The largest absolute Gasteiger partial charge is 0.466 e. The van der Waals surface area contributed by atoms with Crippen molar-refractivity contribution in [1.29, 1.82) is 0 Å². The average Bonchev–Trinajstić information content (AvgIpc) is 2.42. The van der Waals surface area contributed by atoms with Gasteiger partial charge in [-0.2, -0.15) is 0 Å². The third-order valence-electron chi connectivity index (χ3n) is 5.29. The van der Waals surface area contributed by atoms with Crippen LogP contribution in [0.15, 0.2) is 24.3 Å². The number of esters is 1. The Bertz CT molecular complexity index is 442. The minimum atomic E-state index is -0.734. The van der Waals surface area contributed by atoms with E-state index in [1.165, 1.54) is 7.11 Å². The van der Waals surface area contributed by atoms with Gasteiger partial charge in [-0.15, -0.1) is 0 Å². The van der Waals surface area contributed by atoms with E-state index in [4.69, 9.17) is 4.74 Å². The molecule has 0 aliphatic heterocycles. The molecule has 0 amide bonds. The zero-order chi connectivity index (χ0) is 15.1. The summed E-state index contributed by atoms with van der Waals surface area (Å²) in [5.74, 6) is -0.978. The molecular weight excluding hydrogens is 256 g/mol. The molecule has 2 aliphatic carbocycles. The predicted octanol–water partition coefficient (Wildman–Crippen LogP) is 1.82. The van der Waals surface area contributed by atoms with Gasteiger partial charge in [-0.1, -0.05) is 25.7 Å². The number of rotatable bonds is 2. The second-order valence-corrected chi connectivity index (χ2v) is 6.35. The lowest BCUT2D eigenvalue weighted by Crippen LogP contribution is -2.54. The van der Waals surface area contributed by atoms with Crippen LogP contribution in [0.3, 0.4) is 0 Å². The van der Waals surface area contributed by atoms with Gasteiger partial charge in [0.1, 0.15) is 0 Å². The maximum absolute atomic E-state index is 11.6. The molecule has 2 aliphatic rings. The Morgan fingerprint density at radius 1 is 1.40 bits per heavy atom. The van der Waals surface area contributed by atoms with Crippen molar-refractivity contribution < 1.29 is 19.7 Å². The Morgan fingerprint density at radius 2 is 2.05 bits per heavy atom. The number of methoxy groups -OCH3 is 1. The summed E-state index contributed by atoms with van der Waals surface area (Å²) in [4.78, 5) is 11.6. The highest BCUT2D eigenvalue weighted by Gasteiger charge is 2.53. The second kappa shape index (κ2) is 5.34. The standard InChI is InChI=1S/C16H24O4/c1-9-5-6-12(17)16(3)8-7-11(14(18)13(9)16)10(2)15(19)20-4/h11-14,17-18H,1-2,5-8H2,3-4H3/t11-,12+,13+,14+,16+/m0/s1. The Kier molecular flexibility index (Phi) is 4.07. The van der Waals surface area contributed by atoms with Crippen molar-refractivity contribution >= 4 is 5.97 Å². The fraction of sp³-hybridized carbons (Fsp3) is 0.688. The van der Waals surface area contributed by atoms with E-state index in [0.29, 0.717) is 18.4 Å². The van der Waals surface area contributed by atoms with Gasteiger partial charge in [0.2, 0.25) is 0 Å².